The lowest BCUT2D eigenvalue weighted by Crippen LogP contribution is -2.29. The summed E-state index contributed by atoms with van der Waals surface area (Å²) < 4.78 is 0. The molecule has 0 fully saturated rings. The zero-order chi connectivity index (χ0) is 11.4. The van der Waals surface area contributed by atoms with E-state index < -0.39 is 12.1 Å². The van der Waals surface area contributed by atoms with Crippen LogP contribution in [0.3, 0.4) is 0 Å². The molecule has 3 N–H and O–H groups in total. The molecule has 0 aromatic heterocycles. The predicted molar refractivity (Wildman–Crippen MR) is 56.6 cm³/mol. The van der Waals surface area contributed by atoms with Crippen LogP contribution in [0.25, 0.3) is 0 Å². The van der Waals surface area contributed by atoms with Crippen molar-refractivity contribution in [3.05, 3.63) is 34.3 Å². The number of rotatable bonds is 4. The first-order valence-corrected chi connectivity index (χ1v) is 4.75. The number of carboxylic acids is 1. The maximum Gasteiger partial charge on any atom is 0.335 e. The van der Waals surface area contributed by atoms with Crippen LogP contribution in [0.5, 0.6) is 0 Å². The highest BCUT2D eigenvalue weighted by atomic mass is 35.5. The molecule has 0 aliphatic carbocycles. The van der Waals surface area contributed by atoms with Gasteiger partial charge in [-0.2, -0.15) is 0 Å². The van der Waals surface area contributed by atoms with Crippen LogP contribution in [0.4, 0.5) is 0 Å². The molecule has 1 rings (SSSR count). The molecule has 82 valence electrons. The van der Waals surface area contributed by atoms with Gasteiger partial charge in [-0.3, -0.25) is 4.84 Å². The van der Waals surface area contributed by atoms with Crippen LogP contribution in [0.1, 0.15) is 11.1 Å². The molecule has 0 aliphatic rings. The SMILES string of the molecule is Cc1cc(Cl)ccc1CC(ON)C(=O)O. The van der Waals surface area contributed by atoms with Gasteiger partial charge in [0, 0.05) is 11.4 Å². The summed E-state index contributed by atoms with van der Waals surface area (Å²) in [6.45, 7) is 1.86. The van der Waals surface area contributed by atoms with Crippen molar-refractivity contribution in [2.45, 2.75) is 19.4 Å². The highest BCUT2D eigenvalue weighted by Gasteiger charge is 2.18. The molecule has 0 bridgehead atoms. The van der Waals surface area contributed by atoms with Crippen LogP contribution in [-0.2, 0) is 16.1 Å². The second-order valence-electron chi connectivity index (χ2n) is 3.24. The van der Waals surface area contributed by atoms with E-state index in [9.17, 15) is 4.79 Å². The smallest absolute Gasteiger partial charge is 0.335 e. The first-order valence-electron chi connectivity index (χ1n) is 4.38. The summed E-state index contributed by atoms with van der Waals surface area (Å²) in [5, 5.41) is 9.37. The third-order valence-electron chi connectivity index (χ3n) is 2.15. The maximum atomic E-state index is 10.7. The summed E-state index contributed by atoms with van der Waals surface area (Å²) in [7, 11) is 0. The van der Waals surface area contributed by atoms with Gasteiger partial charge in [-0.05, 0) is 30.2 Å². The Balaban J connectivity index is 2.84. The van der Waals surface area contributed by atoms with Crippen molar-refractivity contribution in [1.82, 2.24) is 0 Å². The number of hydrogen-bond acceptors (Lipinski definition) is 3. The fourth-order valence-electron chi connectivity index (χ4n) is 1.28. The number of aryl methyl sites for hydroxylation is 1. The Kier molecular flexibility index (Phi) is 4.08. The summed E-state index contributed by atoms with van der Waals surface area (Å²) >= 11 is 5.78. The number of hydrogen-bond donors (Lipinski definition) is 2. The Hall–Kier alpha value is -1.10. The lowest BCUT2D eigenvalue weighted by atomic mass is 10.0. The van der Waals surface area contributed by atoms with Gasteiger partial charge in [-0.1, -0.05) is 17.7 Å². The number of carbonyl (C=O) groups is 1. The number of nitrogens with two attached hydrogens (primary N) is 1. The fourth-order valence-corrected chi connectivity index (χ4v) is 1.51. The minimum Gasteiger partial charge on any atom is -0.479 e. The van der Waals surface area contributed by atoms with Gasteiger partial charge < -0.3 is 5.11 Å². The summed E-state index contributed by atoms with van der Waals surface area (Å²) in [4.78, 5) is 15.1. The quantitative estimate of drug-likeness (QED) is 0.768. The van der Waals surface area contributed by atoms with Crippen molar-refractivity contribution in [3.63, 3.8) is 0 Å². The molecule has 0 saturated carbocycles. The fraction of sp³-hybridized carbons (Fsp3) is 0.300. The number of halogens is 1. The van der Waals surface area contributed by atoms with Crippen molar-refractivity contribution in [2.24, 2.45) is 5.90 Å². The first kappa shape index (κ1) is 12.0. The van der Waals surface area contributed by atoms with Crippen molar-refractivity contribution in [3.8, 4) is 0 Å². The molecule has 1 unspecified atom stereocenters. The third kappa shape index (κ3) is 3.20. The van der Waals surface area contributed by atoms with Crippen LogP contribution in [0.15, 0.2) is 18.2 Å². The zero-order valence-corrected chi connectivity index (χ0v) is 8.99. The second-order valence-corrected chi connectivity index (χ2v) is 3.67. The average molecular weight is 230 g/mol. The first-order chi connectivity index (χ1) is 7.04. The number of benzene rings is 1. The topological polar surface area (TPSA) is 72.5 Å². The normalized spacial score (nSPS) is 12.5. The Morgan fingerprint density at radius 3 is 2.80 bits per heavy atom. The Bertz CT molecular complexity index is 368. The molecule has 0 aliphatic heterocycles. The van der Waals surface area contributed by atoms with Crippen molar-refractivity contribution < 1.29 is 14.7 Å². The lowest BCUT2D eigenvalue weighted by Gasteiger charge is -2.11. The minimum atomic E-state index is -1.08. The molecule has 0 saturated heterocycles. The van der Waals surface area contributed by atoms with E-state index in [1.165, 1.54) is 0 Å². The van der Waals surface area contributed by atoms with Crippen LogP contribution in [0, 0.1) is 6.92 Å². The van der Waals surface area contributed by atoms with E-state index in [-0.39, 0.29) is 6.42 Å². The van der Waals surface area contributed by atoms with Crippen LogP contribution >= 0.6 is 11.6 Å². The van der Waals surface area contributed by atoms with Gasteiger partial charge in [0.15, 0.2) is 6.10 Å². The zero-order valence-electron chi connectivity index (χ0n) is 8.24. The molecular weight excluding hydrogens is 218 g/mol. The van der Waals surface area contributed by atoms with E-state index in [2.05, 4.69) is 4.84 Å². The van der Waals surface area contributed by atoms with Crippen LogP contribution in [-0.4, -0.2) is 17.2 Å². The molecule has 0 spiro atoms. The molecule has 5 heteroatoms. The van der Waals surface area contributed by atoms with E-state index >= 15 is 0 Å². The number of aliphatic carboxylic acids is 1. The van der Waals surface area contributed by atoms with E-state index in [1.807, 2.05) is 6.92 Å². The molecule has 1 aromatic carbocycles. The molecule has 0 amide bonds. The van der Waals surface area contributed by atoms with Gasteiger partial charge in [-0.15, -0.1) is 0 Å². The molecule has 0 heterocycles. The molecule has 0 radical (unpaired) electrons. The van der Waals surface area contributed by atoms with E-state index in [1.54, 1.807) is 18.2 Å². The maximum absolute atomic E-state index is 10.7. The predicted octanol–water partition coefficient (Wildman–Crippen LogP) is 1.53. The van der Waals surface area contributed by atoms with Crippen molar-refractivity contribution in [1.29, 1.82) is 0 Å². The summed E-state index contributed by atoms with van der Waals surface area (Å²) in [5.41, 5.74) is 1.78. The van der Waals surface area contributed by atoms with Gasteiger partial charge in [0.1, 0.15) is 0 Å². The Morgan fingerprint density at radius 2 is 2.33 bits per heavy atom. The van der Waals surface area contributed by atoms with Gasteiger partial charge in [0.25, 0.3) is 0 Å². The molecule has 1 atom stereocenters. The summed E-state index contributed by atoms with van der Waals surface area (Å²) in [6, 6.07) is 5.25. The van der Waals surface area contributed by atoms with Gasteiger partial charge in [0.05, 0.1) is 0 Å². The van der Waals surface area contributed by atoms with Crippen molar-refractivity contribution in [2.75, 3.05) is 0 Å². The molecular formula is C10H12ClNO3. The van der Waals surface area contributed by atoms with Crippen LogP contribution in [0.2, 0.25) is 5.02 Å². The van der Waals surface area contributed by atoms with Crippen LogP contribution < -0.4 is 5.90 Å². The second kappa shape index (κ2) is 5.11. The minimum absolute atomic E-state index is 0.231. The van der Waals surface area contributed by atoms with Gasteiger partial charge in [-0.25, -0.2) is 10.7 Å². The highest BCUT2D eigenvalue weighted by molar-refractivity contribution is 6.30. The Labute approximate surface area is 92.6 Å². The number of carboxylic acid groups (broad SMARTS) is 1. The standard InChI is InChI=1S/C10H12ClNO3/c1-6-4-8(11)3-2-7(6)5-9(15-12)10(13)14/h2-4,9H,5,12H2,1H3,(H,13,14). The Morgan fingerprint density at radius 1 is 1.67 bits per heavy atom. The van der Waals surface area contributed by atoms with Gasteiger partial charge >= 0.3 is 5.97 Å². The largest absolute Gasteiger partial charge is 0.479 e. The van der Waals surface area contributed by atoms with E-state index in [4.69, 9.17) is 22.6 Å². The van der Waals surface area contributed by atoms with E-state index in [0.29, 0.717) is 5.02 Å². The average Bonchev–Trinajstić information content (AvgIpc) is 2.16. The summed E-state index contributed by atoms with van der Waals surface area (Å²) in [6.07, 6.45) is -0.792. The van der Waals surface area contributed by atoms with Gasteiger partial charge in [0.2, 0.25) is 0 Å². The van der Waals surface area contributed by atoms with Crippen molar-refractivity contribution >= 4 is 17.6 Å². The lowest BCUT2D eigenvalue weighted by molar-refractivity contribution is -0.150. The summed E-state index contributed by atoms with van der Waals surface area (Å²) in [5.74, 6) is 3.82. The van der Waals surface area contributed by atoms with E-state index in [0.717, 1.165) is 11.1 Å². The molecule has 1 aromatic rings. The molecule has 4 nitrogen and oxygen atoms in total. The highest BCUT2D eigenvalue weighted by Crippen LogP contribution is 2.17. The monoisotopic (exact) mass is 229 g/mol. The molecule has 15 heavy (non-hydrogen) atoms. The third-order valence-corrected chi connectivity index (χ3v) is 2.38.